The van der Waals surface area contributed by atoms with Gasteiger partial charge in [0.2, 0.25) is 0 Å². The molecule has 0 unspecified atom stereocenters. The first-order chi connectivity index (χ1) is 17.4. The van der Waals surface area contributed by atoms with Crippen LogP contribution in [0.1, 0.15) is 43.8 Å². The minimum Gasteiger partial charge on any atom is -0.497 e. The second-order valence-corrected chi connectivity index (χ2v) is 10.9. The zero-order chi connectivity index (χ0) is 25.5. The number of aliphatic hydroxyl groups is 1. The smallest absolute Gasteiger partial charge is 0.303 e. The number of benzene rings is 1. The van der Waals surface area contributed by atoms with E-state index in [1.165, 1.54) is 0 Å². The van der Waals surface area contributed by atoms with Crippen LogP contribution in [-0.4, -0.2) is 63.5 Å². The molecule has 7 nitrogen and oxygen atoms in total. The highest BCUT2D eigenvalue weighted by Gasteiger charge is 2.37. The predicted octanol–water partition coefficient (Wildman–Crippen LogP) is 5.45. The second kappa shape index (κ2) is 12.2. The third-order valence-electron chi connectivity index (χ3n) is 7.09. The third kappa shape index (κ3) is 6.68. The van der Waals surface area contributed by atoms with Crippen LogP contribution < -0.4 is 4.74 Å². The molecular formula is C27H32ClN3O4S. The van der Waals surface area contributed by atoms with Crippen LogP contribution in [0.25, 0.3) is 10.9 Å². The SMILES string of the molecule is COc1ccc2ncc(Cl)c([C@H](O)CCC3(CC(=O)O)CCN(CCSc4ccccn4)CC3)c2c1. The Labute approximate surface area is 220 Å². The van der Waals surface area contributed by atoms with Gasteiger partial charge < -0.3 is 19.8 Å². The largest absolute Gasteiger partial charge is 0.497 e. The zero-order valence-corrected chi connectivity index (χ0v) is 22.0. The molecule has 0 spiro atoms. The minimum absolute atomic E-state index is 0.106. The summed E-state index contributed by atoms with van der Waals surface area (Å²) in [5.41, 5.74) is 1.01. The van der Waals surface area contributed by atoms with Gasteiger partial charge in [-0.05, 0) is 74.5 Å². The molecule has 36 heavy (non-hydrogen) atoms. The number of hydrogen-bond donors (Lipinski definition) is 2. The quantitative estimate of drug-likeness (QED) is 0.316. The molecule has 0 radical (unpaired) electrons. The lowest BCUT2D eigenvalue weighted by molar-refractivity contribution is -0.141. The van der Waals surface area contributed by atoms with Gasteiger partial charge in [-0.1, -0.05) is 17.7 Å². The summed E-state index contributed by atoms with van der Waals surface area (Å²) in [5.74, 6) is 0.815. The van der Waals surface area contributed by atoms with E-state index in [0.29, 0.717) is 29.2 Å². The lowest BCUT2D eigenvalue weighted by Gasteiger charge is -2.41. The fraction of sp³-hybridized carbons (Fsp3) is 0.444. The molecule has 1 atom stereocenters. The molecule has 1 fully saturated rings. The molecule has 3 aromatic rings. The number of aliphatic hydroxyl groups excluding tert-OH is 1. The first-order valence-electron chi connectivity index (χ1n) is 12.2. The number of carboxylic acid groups (broad SMARTS) is 1. The number of halogens is 1. The molecule has 4 rings (SSSR count). The number of nitrogens with zero attached hydrogens (tertiary/aromatic N) is 3. The number of rotatable bonds is 11. The minimum atomic E-state index is -0.825. The van der Waals surface area contributed by atoms with Crippen molar-refractivity contribution in [2.24, 2.45) is 5.41 Å². The highest BCUT2D eigenvalue weighted by atomic mass is 35.5. The van der Waals surface area contributed by atoms with Crippen LogP contribution >= 0.6 is 23.4 Å². The van der Waals surface area contributed by atoms with Crippen molar-refractivity contribution >= 4 is 40.2 Å². The van der Waals surface area contributed by atoms with Gasteiger partial charge in [0.1, 0.15) is 5.75 Å². The molecule has 1 saturated heterocycles. The van der Waals surface area contributed by atoms with Crippen molar-refractivity contribution in [3.05, 3.63) is 59.4 Å². The molecule has 3 heterocycles. The van der Waals surface area contributed by atoms with Crippen LogP contribution in [0.3, 0.4) is 0 Å². The van der Waals surface area contributed by atoms with Crippen LogP contribution in [0.4, 0.5) is 0 Å². The lowest BCUT2D eigenvalue weighted by Crippen LogP contribution is -2.42. The summed E-state index contributed by atoms with van der Waals surface area (Å²) in [4.78, 5) is 22.9. The molecule has 2 N–H and O–H groups in total. The number of ether oxygens (including phenoxy) is 1. The summed E-state index contributed by atoms with van der Waals surface area (Å²) in [6, 6.07) is 11.4. The third-order valence-corrected chi connectivity index (χ3v) is 8.31. The molecule has 9 heteroatoms. The van der Waals surface area contributed by atoms with Crippen LogP contribution in [0.2, 0.25) is 5.02 Å². The average Bonchev–Trinajstić information content (AvgIpc) is 2.88. The van der Waals surface area contributed by atoms with Crippen LogP contribution in [0.5, 0.6) is 5.75 Å². The predicted molar refractivity (Wildman–Crippen MR) is 143 cm³/mol. The van der Waals surface area contributed by atoms with Crippen molar-refractivity contribution in [2.75, 3.05) is 32.5 Å². The molecule has 0 aliphatic carbocycles. The van der Waals surface area contributed by atoms with E-state index in [-0.39, 0.29) is 11.8 Å². The Morgan fingerprint density at radius 3 is 2.75 bits per heavy atom. The fourth-order valence-electron chi connectivity index (χ4n) is 5.02. The van der Waals surface area contributed by atoms with Crippen molar-refractivity contribution in [3.63, 3.8) is 0 Å². The average molecular weight is 530 g/mol. The van der Waals surface area contributed by atoms with Gasteiger partial charge in [0, 0.05) is 35.6 Å². The van der Waals surface area contributed by atoms with Crippen LogP contribution in [-0.2, 0) is 4.79 Å². The fourth-order valence-corrected chi connectivity index (χ4v) is 6.16. The normalized spacial score (nSPS) is 16.6. The maximum Gasteiger partial charge on any atom is 0.303 e. The summed E-state index contributed by atoms with van der Waals surface area (Å²) in [7, 11) is 1.59. The van der Waals surface area contributed by atoms with Gasteiger partial charge in [-0.3, -0.25) is 9.78 Å². The standard InChI is InChI=1S/C27H32ClN3O4S/c1-35-19-5-6-22-20(16-19)26(21(28)18-30-22)23(32)7-8-27(17-25(33)34)9-12-31(13-10-27)14-15-36-24-4-2-3-11-29-24/h2-6,11,16,18,23,32H,7-10,12-15,17H2,1H3,(H,33,34)/t23-/m1/s1. The number of methoxy groups -OCH3 is 1. The number of thioether (sulfide) groups is 1. The Morgan fingerprint density at radius 1 is 1.25 bits per heavy atom. The maximum absolute atomic E-state index is 11.8. The van der Waals surface area contributed by atoms with Crippen molar-refractivity contribution in [1.29, 1.82) is 0 Å². The number of hydrogen-bond acceptors (Lipinski definition) is 7. The molecule has 192 valence electrons. The van der Waals surface area contributed by atoms with Crippen LogP contribution in [0.15, 0.2) is 53.8 Å². The van der Waals surface area contributed by atoms with Crippen molar-refractivity contribution < 1.29 is 19.7 Å². The Morgan fingerprint density at radius 2 is 2.06 bits per heavy atom. The highest BCUT2D eigenvalue weighted by Crippen LogP contribution is 2.43. The monoisotopic (exact) mass is 529 g/mol. The molecule has 0 amide bonds. The molecule has 0 bridgehead atoms. The van der Waals surface area contributed by atoms with E-state index in [2.05, 4.69) is 14.9 Å². The van der Waals surface area contributed by atoms with Gasteiger partial charge in [-0.25, -0.2) is 4.98 Å². The van der Waals surface area contributed by atoms with E-state index in [9.17, 15) is 15.0 Å². The summed E-state index contributed by atoms with van der Waals surface area (Å²) in [6.07, 6.45) is 5.26. The lowest BCUT2D eigenvalue weighted by atomic mass is 9.71. The molecule has 0 saturated carbocycles. The van der Waals surface area contributed by atoms with Crippen molar-refractivity contribution in [3.8, 4) is 5.75 Å². The van der Waals surface area contributed by atoms with E-state index in [4.69, 9.17) is 16.3 Å². The molecule has 1 aliphatic rings. The van der Waals surface area contributed by atoms with Gasteiger partial charge in [0.25, 0.3) is 0 Å². The van der Waals surface area contributed by atoms with Gasteiger partial charge in [-0.15, -0.1) is 11.8 Å². The van der Waals surface area contributed by atoms with Crippen molar-refractivity contribution in [1.82, 2.24) is 14.9 Å². The second-order valence-electron chi connectivity index (χ2n) is 9.39. The number of carboxylic acids is 1. The summed E-state index contributed by atoms with van der Waals surface area (Å²) in [5, 5.41) is 23.0. The van der Waals surface area contributed by atoms with Gasteiger partial charge in [-0.2, -0.15) is 0 Å². The first kappa shape index (κ1) is 26.7. The Balaban J connectivity index is 1.39. The zero-order valence-electron chi connectivity index (χ0n) is 20.4. The van der Waals surface area contributed by atoms with Gasteiger partial charge in [0.05, 0.1) is 35.2 Å². The first-order valence-corrected chi connectivity index (χ1v) is 13.5. The Hall–Kier alpha value is -2.39. The van der Waals surface area contributed by atoms with E-state index < -0.39 is 12.1 Å². The highest BCUT2D eigenvalue weighted by molar-refractivity contribution is 7.99. The summed E-state index contributed by atoms with van der Waals surface area (Å²) in [6.45, 7) is 2.64. The number of piperidine rings is 1. The van der Waals surface area contributed by atoms with Gasteiger partial charge >= 0.3 is 5.97 Å². The Kier molecular flexibility index (Phi) is 9.06. The maximum atomic E-state index is 11.8. The van der Waals surface area contributed by atoms with Crippen molar-refractivity contribution in [2.45, 2.75) is 43.2 Å². The van der Waals surface area contributed by atoms with E-state index in [0.717, 1.165) is 54.2 Å². The summed E-state index contributed by atoms with van der Waals surface area (Å²) < 4.78 is 5.35. The Bertz CT molecular complexity index is 1170. The summed E-state index contributed by atoms with van der Waals surface area (Å²) >= 11 is 8.21. The molecule has 1 aromatic carbocycles. The topological polar surface area (TPSA) is 95.8 Å². The van der Waals surface area contributed by atoms with E-state index >= 15 is 0 Å². The van der Waals surface area contributed by atoms with Crippen LogP contribution in [0, 0.1) is 5.41 Å². The number of aliphatic carboxylic acids is 1. The van der Waals surface area contributed by atoms with E-state index in [1.54, 1.807) is 31.3 Å². The number of likely N-dealkylation sites (tertiary alicyclic amines) is 1. The molecule has 1 aliphatic heterocycles. The van der Waals surface area contributed by atoms with Gasteiger partial charge in [0.15, 0.2) is 0 Å². The molecular weight excluding hydrogens is 498 g/mol. The molecule has 2 aromatic heterocycles. The van der Waals surface area contributed by atoms with E-state index in [1.807, 2.05) is 36.4 Å². The number of pyridine rings is 2. The number of fused-ring (bicyclic) bond motifs is 1. The number of carbonyl (C=O) groups is 1. The number of aromatic nitrogens is 2.